The van der Waals surface area contributed by atoms with Gasteiger partial charge >= 0.3 is 5.97 Å². The van der Waals surface area contributed by atoms with Gasteiger partial charge in [-0.05, 0) is 24.1 Å². The molecule has 0 aliphatic rings. The number of nitrogens with zero attached hydrogens (tertiary/aromatic N) is 3. The van der Waals surface area contributed by atoms with Crippen LogP contribution >= 0.6 is 34.7 Å². The van der Waals surface area contributed by atoms with Crippen LogP contribution in [0.5, 0.6) is 0 Å². The van der Waals surface area contributed by atoms with Crippen molar-refractivity contribution in [3.8, 4) is 11.1 Å². The lowest BCUT2D eigenvalue weighted by molar-refractivity contribution is -0.113. The Hall–Kier alpha value is -2.36. The maximum atomic E-state index is 12.7. The fourth-order valence-electron chi connectivity index (χ4n) is 3.16. The summed E-state index contributed by atoms with van der Waals surface area (Å²) >= 11 is 8.59. The fraction of sp³-hybridized carbons (Fsp3) is 0.364. The van der Waals surface area contributed by atoms with Crippen LogP contribution in [0.4, 0.5) is 5.00 Å². The van der Waals surface area contributed by atoms with E-state index in [1.54, 1.807) is 12.1 Å². The first kappa shape index (κ1) is 24.3. The monoisotopic (exact) mass is 492 g/mol. The van der Waals surface area contributed by atoms with Gasteiger partial charge < -0.3 is 14.6 Å². The number of benzene rings is 1. The van der Waals surface area contributed by atoms with Crippen LogP contribution in [0.2, 0.25) is 5.02 Å². The van der Waals surface area contributed by atoms with E-state index in [1.807, 2.05) is 17.5 Å². The summed E-state index contributed by atoms with van der Waals surface area (Å²) in [6.07, 6.45) is 0.947. The van der Waals surface area contributed by atoms with E-state index in [9.17, 15) is 9.59 Å². The SMILES string of the molecule is CCCn1c(SCC(=O)Nc2scc(-c3ccc(Cl)cc3)c2C(=O)OC)nnc1C(C)C. The fourth-order valence-corrected chi connectivity index (χ4v) is 5.03. The Bertz CT molecular complexity index is 1090. The van der Waals surface area contributed by atoms with Crippen LogP contribution in [0.1, 0.15) is 49.3 Å². The molecule has 2 heterocycles. The molecule has 1 aromatic carbocycles. The minimum Gasteiger partial charge on any atom is -0.465 e. The molecule has 0 aliphatic heterocycles. The van der Waals surface area contributed by atoms with Crippen LogP contribution in [0.3, 0.4) is 0 Å². The van der Waals surface area contributed by atoms with Crippen LogP contribution in [0, 0.1) is 0 Å². The highest BCUT2D eigenvalue weighted by Crippen LogP contribution is 2.36. The molecule has 1 N–H and O–H groups in total. The first-order valence-corrected chi connectivity index (χ1v) is 12.4. The highest BCUT2D eigenvalue weighted by atomic mass is 35.5. The molecule has 0 aliphatic carbocycles. The molecule has 3 aromatic rings. The largest absolute Gasteiger partial charge is 0.465 e. The second-order valence-electron chi connectivity index (χ2n) is 7.34. The van der Waals surface area contributed by atoms with Gasteiger partial charge in [-0.15, -0.1) is 21.5 Å². The topological polar surface area (TPSA) is 86.1 Å². The molecule has 7 nitrogen and oxygen atoms in total. The number of halogens is 1. The van der Waals surface area contributed by atoms with E-state index in [0.717, 1.165) is 24.4 Å². The van der Waals surface area contributed by atoms with E-state index in [4.69, 9.17) is 16.3 Å². The Morgan fingerprint density at radius 1 is 1.25 bits per heavy atom. The van der Waals surface area contributed by atoms with Crippen LogP contribution in [-0.2, 0) is 16.1 Å². The molecule has 0 bridgehead atoms. The Morgan fingerprint density at radius 3 is 2.59 bits per heavy atom. The summed E-state index contributed by atoms with van der Waals surface area (Å²) in [6, 6.07) is 7.15. The van der Waals surface area contributed by atoms with Crippen molar-refractivity contribution in [3.05, 3.63) is 46.1 Å². The minimum absolute atomic E-state index is 0.148. The summed E-state index contributed by atoms with van der Waals surface area (Å²) < 4.78 is 7.03. The number of esters is 1. The summed E-state index contributed by atoms with van der Waals surface area (Å²) in [6.45, 7) is 7.03. The van der Waals surface area contributed by atoms with E-state index in [2.05, 4.69) is 40.9 Å². The zero-order valence-corrected chi connectivity index (χ0v) is 20.7. The van der Waals surface area contributed by atoms with Gasteiger partial charge in [0, 0.05) is 28.4 Å². The van der Waals surface area contributed by atoms with Gasteiger partial charge in [-0.25, -0.2) is 4.79 Å². The average molecular weight is 493 g/mol. The third-order valence-corrected chi connectivity index (χ3v) is 6.74. The standard InChI is InChI=1S/C22H25ClN4O3S2/c1-5-10-27-19(13(2)3)25-26-22(27)32-12-17(28)24-20-18(21(29)30-4)16(11-31-20)14-6-8-15(23)9-7-14/h6-9,11,13H,5,10,12H2,1-4H3,(H,24,28). The number of rotatable bonds is 9. The van der Waals surface area contributed by atoms with E-state index < -0.39 is 5.97 Å². The Kier molecular flexibility index (Phi) is 8.33. The van der Waals surface area contributed by atoms with E-state index in [0.29, 0.717) is 26.3 Å². The Labute approximate surface area is 200 Å². The molecule has 0 fully saturated rings. The smallest absolute Gasteiger partial charge is 0.341 e. The summed E-state index contributed by atoms with van der Waals surface area (Å²) in [5.74, 6) is 0.561. The summed E-state index contributed by atoms with van der Waals surface area (Å²) in [5, 5.41) is 15.0. The van der Waals surface area contributed by atoms with Crippen molar-refractivity contribution in [3.63, 3.8) is 0 Å². The van der Waals surface area contributed by atoms with Crippen molar-refractivity contribution < 1.29 is 14.3 Å². The molecule has 2 aromatic heterocycles. The number of anilines is 1. The van der Waals surface area contributed by atoms with Crippen LogP contribution in [-0.4, -0.2) is 39.5 Å². The molecule has 0 atom stereocenters. The number of ether oxygens (including phenoxy) is 1. The van der Waals surface area contributed by atoms with Crippen molar-refractivity contribution in [1.82, 2.24) is 14.8 Å². The molecule has 0 saturated carbocycles. The first-order chi connectivity index (χ1) is 15.3. The molecule has 170 valence electrons. The molecule has 32 heavy (non-hydrogen) atoms. The average Bonchev–Trinajstić information content (AvgIpc) is 3.37. The van der Waals surface area contributed by atoms with Crippen LogP contribution in [0.25, 0.3) is 11.1 Å². The van der Waals surface area contributed by atoms with Gasteiger partial charge in [0.15, 0.2) is 5.16 Å². The molecule has 3 rings (SSSR count). The lowest BCUT2D eigenvalue weighted by atomic mass is 10.0. The van der Waals surface area contributed by atoms with Crippen LogP contribution < -0.4 is 5.32 Å². The van der Waals surface area contributed by atoms with Gasteiger partial charge in [0.05, 0.1) is 12.9 Å². The number of methoxy groups -OCH3 is 1. The number of aromatic nitrogens is 3. The number of carbonyl (C=O) groups is 2. The van der Waals surface area contributed by atoms with Gasteiger partial charge in [0.1, 0.15) is 16.4 Å². The second-order valence-corrected chi connectivity index (χ2v) is 9.59. The van der Waals surface area contributed by atoms with Gasteiger partial charge in [0.25, 0.3) is 0 Å². The normalized spacial score (nSPS) is 11.1. The van der Waals surface area contributed by atoms with E-state index in [-0.39, 0.29) is 17.6 Å². The predicted octanol–water partition coefficient (Wildman–Crippen LogP) is 5.71. The highest BCUT2D eigenvalue weighted by molar-refractivity contribution is 7.99. The lowest BCUT2D eigenvalue weighted by Gasteiger charge is -2.11. The zero-order valence-electron chi connectivity index (χ0n) is 18.3. The number of amides is 1. The highest BCUT2D eigenvalue weighted by Gasteiger charge is 2.23. The van der Waals surface area contributed by atoms with Gasteiger partial charge in [0.2, 0.25) is 5.91 Å². The van der Waals surface area contributed by atoms with Gasteiger partial charge in [-0.3, -0.25) is 4.79 Å². The van der Waals surface area contributed by atoms with Gasteiger partial charge in [-0.1, -0.05) is 56.3 Å². The second kappa shape index (κ2) is 11.0. The molecule has 0 spiro atoms. The summed E-state index contributed by atoms with van der Waals surface area (Å²) in [4.78, 5) is 25.2. The molecular formula is C22H25ClN4O3S2. The number of carbonyl (C=O) groups excluding carboxylic acids is 2. The maximum absolute atomic E-state index is 12.7. The van der Waals surface area contributed by atoms with Crippen molar-refractivity contribution in [1.29, 1.82) is 0 Å². The van der Waals surface area contributed by atoms with E-state index in [1.165, 1.54) is 30.2 Å². The third kappa shape index (κ3) is 5.51. The maximum Gasteiger partial charge on any atom is 0.341 e. The zero-order chi connectivity index (χ0) is 23.3. The summed E-state index contributed by atoms with van der Waals surface area (Å²) in [5.41, 5.74) is 1.83. The van der Waals surface area contributed by atoms with Crippen LogP contribution in [0.15, 0.2) is 34.8 Å². The van der Waals surface area contributed by atoms with Crippen molar-refractivity contribution in [2.24, 2.45) is 0 Å². The van der Waals surface area contributed by atoms with Crippen molar-refractivity contribution in [2.45, 2.75) is 44.8 Å². The van der Waals surface area contributed by atoms with Crippen molar-refractivity contribution in [2.75, 3.05) is 18.2 Å². The Morgan fingerprint density at radius 2 is 1.97 bits per heavy atom. The number of hydrogen-bond acceptors (Lipinski definition) is 7. The minimum atomic E-state index is -0.511. The number of thiophene rings is 1. The predicted molar refractivity (Wildman–Crippen MR) is 130 cm³/mol. The molecule has 0 saturated heterocycles. The third-order valence-electron chi connectivity index (χ3n) is 4.63. The quantitative estimate of drug-likeness (QED) is 0.304. The molecule has 10 heteroatoms. The van der Waals surface area contributed by atoms with E-state index >= 15 is 0 Å². The van der Waals surface area contributed by atoms with Gasteiger partial charge in [-0.2, -0.15) is 0 Å². The molecule has 0 unspecified atom stereocenters. The first-order valence-electron chi connectivity index (χ1n) is 10.2. The number of hydrogen-bond donors (Lipinski definition) is 1. The number of thioether (sulfide) groups is 1. The summed E-state index contributed by atoms with van der Waals surface area (Å²) in [7, 11) is 1.32. The Balaban J connectivity index is 1.77. The molecular weight excluding hydrogens is 468 g/mol. The lowest BCUT2D eigenvalue weighted by Crippen LogP contribution is -2.16. The number of nitrogens with one attached hydrogen (secondary N) is 1. The molecule has 1 amide bonds. The molecule has 0 radical (unpaired) electrons. The van der Waals surface area contributed by atoms with Crippen molar-refractivity contribution >= 4 is 51.6 Å².